The molecule has 2 aromatic carbocycles. The summed E-state index contributed by atoms with van der Waals surface area (Å²) >= 11 is 0. The molecule has 4 aromatic heterocycles. The van der Waals surface area contributed by atoms with Gasteiger partial charge in [-0.05, 0) is 77.4 Å². The first-order chi connectivity index (χ1) is 23.8. The molecule has 4 nitrogen and oxygen atoms in total. The molecule has 1 radical (unpaired) electrons. The summed E-state index contributed by atoms with van der Waals surface area (Å²) in [6.07, 6.45) is 10.8. The number of benzene rings is 2. The molecule has 1 aliphatic carbocycles. The van der Waals surface area contributed by atoms with Gasteiger partial charge < -0.3 is 14.4 Å². The van der Waals surface area contributed by atoms with Gasteiger partial charge in [-0.3, -0.25) is 0 Å². The zero-order valence-corrected chi connectivity index (χ0v) is 35.5. The normalized spacial score (nSPS) is 13.6. The van der Waals surface area contributed by atoms with E-state index < -0.39 is 8.07 Å². The summed E-state index contributed by atoms with van der Waals surface area (Å²) in [5.74, 6) is 1.81. The van der Waals surface area contributed by atoms with Crippen LogP contribution in [-0.4, -0.2) is 23.0 Å². The standard InChI is InChI=1S/C28H31N2O.C17H22NSi.Ir/c1-16(2)23-15-29-24(14-21(23)13-20-8-6-7-9-20)22-11-10-17(3)25-26-18(4)12-19(5)30-28(26)31-27(22)25;1-13(2)15-11-16(14-9-7-6-8-10-14)18-12-17(15)19(3,4)5;/h10,12,14-16,20H,6-9,13H2,1-5H3;6-9,11-13H,1-5H3;/q2*-1;. The molecule has 6 aromatic rings. The Morgan fingerprint density at radius 3 is 2.18 bits per heavy atom. The fraction of sp³-hybridized carbons (Fsp3) is 0.400. The van der Waals surface area contributed by atoms with Crippen molar-refractivity contribution in [2.45, 2.75) is 112 Å². The van der Waals surface area contributed by atoms with Crippen LogP contribution in [0.2, 0.25) is 19.6 Å². The van der Waals surface area contributed by atoms with E-state index >= 15 is 0 Å². The first-order valence-electron chi connectivity index (χ1n) is 18.5. The van der Waals surface area contributed by atoms with Crippen molar-refractivity contribution >= 4 is 35.3 Å². The molecule has 0 aliphatic heterocycles. The van der Waals surface area contributed by atoms with Crippen molar-refractivity contribution in [2.75, 3.05) is 0 Å². The Kier molecular flexibility index (Phi) is 12.2. The SMILES string of the molecule is CC(C)c1cc(-c2[c-]cccc2)ncc1[Si](C)(C)C.Cc1cc(C)c2c(n1)oc1c(-c3cc(CC4CCCC4)c(C(C)C)cn3)[c-]cc(C)c12.[Ir]. The number of aryl methyl sites for hydroxylation is 3. The summed E-state index contributed by atoms with van der Waals surface area (Å²) in [6.45, 7) is 22.5. The van der Waals surface area contributed by atoms with E-state index in [-0.39, 0.29) is 20.1 Å². The number of fused-ring (bicyclic) bond motifs is 3. The van der Waals surface area contributed by atoms with Crippen LogP contribution in [0.15, 0.2) is 65.3 Å². The van der Waals surface area contributed by atoms with Crippen LogP contribution in [0.5, 0.6) is 0 Å². The first-order valence-corrected chi connectivity index (χ1v) is 22.0. The topological polar surface area (TPSA) is 51.8 Å². The molecule has 4 heterocycles. The summed E-state index contributed by atoms with van der Waals surface area (Å²) < 4.78 is 6.35. The molecule has 1 aliphatic rings. The molecule has 0 saturated heterocycles. The summed E-state index contributed by atoms with van der Waals surface area (Å²) in [5, 5.41) is 3.72. The molecule has 1 fully saturated rings. The molecule has 0 N–H and O–H groups in total. The summed E-state index contributed by atoms with van der Waals surface area (Å²) in [7, 11) is -1.34. The van der Waals surface area contributed by atoms with Crippen LogP contribution in [0.4, 0.5) is 0 Å². The van der Waals surface area contributed by atoms with Gasteiger partial charge in [0.2, 0.25) is 5.71 Å². The predicted molar refractivity (Wildman–Crippen MR) is 213 cm³/mol. The maximum absolute atomic E-state index is 6.35. The van der Waals surface area contributed by atoms with Gasteiger partial charge in [0.25, 0.3) is 0 Å². The second-order valence-corrected chi connectivity index (χ2v) is 21.1. The maximum atomic E-state index is 6.35. The van der Waals surface area contributed by atoms with Crippen LogP contribution in [0, 0.1) is 38.8 Å². The fourth-order valence-electron chi connectivity index (χ4n) is 7.64. The Morgan fingerprint density at radius 1 is 0.824 bits per heavy atom. The van der Waals surface area contributed by atoms with Crippen molar-refractivity contribution in [1.29, 1.82) is 0 Å². The van der Waals surface area contributed by atoms with E-state index in [0.29, 0.717) is 17.5 Å². The third-order valence-electron chi connectivity index (χ3n) is 10.3. The molecular formula is C45H53IrN3OSi-2. The van der Waals surface area contributed by atoms with Crippen LogP contribution >= 0.6 is 0 Å². The van der Waals surface area contributed by atoms with Crippen molar-refractivity contribution in [1.82, 2.24) is 15.0 Å². The molecule has 7 rings (SSSR count). The van der Waals surface area contributed by atoms with Gasteiger partial charge in [-0.15, -0.1) is 53.6 Å². The molecule has 0 bridgehead atoms. The zero-order chi connectivity index (χ0) is 35.7. The van der Waals surface area contributed by atoms with Crippen LogP contribution in [-0.2, 0) is 26.5 Å². The third-order valence-corrected chi connectivity index (χ3v) is 12.3. The fourth-order valence-corrected chi connectivity index (χ4v) is 9.32. The van der Waals surface area contributed by atoms with Gasteiger partial charge in [-0.2, -0.15) is 0 Å². The summed E-state index contributed by atoms with van der Waals surface area (Å²) in [6, 6.07) is 23.5. The van der Waals surface area contributed by atoms with Gasteiger partial charge in [0.05, 0.1) is 13.7 Å². The van der Waals surface area contributed by atoms with Crippen LogP contribution in [0.3, 0.4) is 0 Å². The molecule has 0 unspecified atom stereocenters. The maximum Gasteiger partial charge on any atom is 0.216 e. The molecule has 51 heavy (non-hydrogen) atoms. The molecule has 0 amide bonds. The van der Waals surface area contributed by atoms with Gasteiger partial charge >= 0.3 is 0 Å². The minimum absolute atomic E-state index is 0. The second-order valence-electron chi connectivity index (χ2n) is 16.0. The number of hydrogen-bond acceptors (Lipinski definition) is 4. The predicted octanol–water partition coefficient (Wildman–Crippen LogP) is 11.8. The van der Waals surface area contributed by atoms with Crippen LogP contribution < -0.4 is 5.19 Å². The number of hydrogen-bond donors (Lipinski definition) is 0. The minimum Gasteiger partial charge on any atom is -0.486 e. The molecule has 269 valence electrons. The smallest absolute Gasteiger partial charge is 0.216 e. The number of aromatic nitrogens is 3. The van der Waals surface area contributed by atoms with Crippen molar-refractivity contribution < 1.29 is 24.5 Å². The number of rotatable bonds is 7. The Hall–Kier alpha value is -3.44. The van der Waals surface area contributed by atoms with Crippen LogP contribution in [0.25, 0.3) is 44.6 Å². The van der Waals surface area contributed by atoms with E-state index in [9.17, 15) is 0 Å². The zero-order valence-electron chi connectivity index (χ0n) is 32.1. The summed E-state index contributed by atoms with van der Waals surface area (Å²) in [5.41, 5.74) is 13.2. The minimum atomic E-state index is -1.34. The molecule has 0 spiro atoms. The number of furan rings is 1. The molecular weight excluding hydrogens is 819 g/mol. The van der Waals surface area contributed by atoms with Crippen molar-refractivity contribution in [2.24, 2.45) is 5.92 Å². The Labute approximate surface area is 320 Å². The van der Waals surface area contributed by atoms with E-state index in [1.54, 1.807) is 0 Å². The van der Waals surface area contributed by atoms with Crippen molar-refractivity contribution in [3.8, 4) is 22.5 Å². The van der Waals surface area contributed by atoms with Gasteiger partial charge in [0.15, 0.2) is 0 Å². The van der Waals surface area contributed by atoms with E-state index in [4.69, 9.17) is 9.40 Å². The number of nitrogens with zero attached hydrogens (tertiary/aromatic N) is 3. The van der Waals surface area contributed by atoms with Gasteiger partial charge in [0, 0.05) is 43.6 Å². The first kappa shape index (κ1) is 38.8. The van der Waals surface area contributed by atoms with Crippen molar-refractivity contribution in [3.05, 3.63) is 107 Å². The average Bonchev–Trinajstić information content (AvgIpc) is 3.73. The summed E-state index contributed by atoms with van der Waals surface area (Å²) in [4.78, 5) is 14.2. The Balaban J connectivity index is 0.000000218. The Morgan fingerprint density at radius 2 is 1.53 bits per heavy atom. The molecule has 0 atom stereocenters. The van der Waals surface area contributed by atoms with Gasteiger partial charge in [-0.1, -0.05) is 109 Å². The van der Waals surface area contributed by atoms with Crippen LogP contribution in [0.1, 0.15) is 98.7 Å². The molecule has 6 heteroatoms. The molecule has 1 saturated carbocycles. The van der Waals surface area contributed by atoms with E-state index in [1.807, 2.05) is 25.1 Å². The monoisotopic (exact) mass is 872 g/mol. The van der Waals surface area contributed by atoms with Gasteiger partial charge in [-0.25, -0.2) is 4.98 Å². The quantitative estimate of drug-likeness (QED) is 0.118. The third kappa shape index (κ3) is 8.45. The van der Waals surface area contributed by atoms with E-state index in [2.05, 4.69) is 126 Å². The van der Waals surface area contributed by atoms with E-state index in [0.717, 1.165) is 62.5 Å². The van der Waals surface area contributed by atoms with Gasteiger partial charge in [0.1, 0.15) is 0 Å². The van der Waals surface area contributed by atoms with E-state index in [1.165, 1.54) is 53.1 Å². The van der Waals surface area contributed by atoms with Crippen molar-refractivity contribution in [3.63, 3.8) is 0 Å². The largest absolute Gasteiger partial charge is 0.486 e. The second kappa shape index (κ2) is 16.1. The number of pyridine rings is 3. The Bertz CT molecular complexity index is 2120. The average molecular weight is 872 g/mol.